The van der Waals surface area contributed by atoms with E-state index < -0.39 is 0 Å². The number of quaternary nitrogens is 1. The van der Waals surface area contributed by atoms with Crippen molar-refractivity contribution in [2.45, 2.75) is 25.8 Å². The minimum atomic E-state index is 0. The molecule has 0 spiro atoms. The van der Waals surface area contributed by atoms with Gasteiger partial charge in [0.1, 0.15) is 12.0 Å². The number of allylic oxidation sites excluding steroid dienone is 1. The van der Waals surface area contributed by atoms with Crippen LogP contribution in [0.4, 0.5) is 0 Å². The summed E-state index contributed by atoms with van der Waals surface area (Å²) in [4.78, 5) is 17.4. The summed E-state index contributed by atoms with van der Waals surface area (Å²) in [5.41, 5.74) is 1.23. The van der Waals surface area contributed by atoms with Crippen molar-refractivity contribution in [3.05, 3.63) is 34.6 Å². The third-order valence-corrected chi connectivity index (χ3v) is 2.90. The van der Waals surface area contributed by atoms with Gasteiger partial charge in [-0.2, -0.15) is 0 Å². The lowest BCUT2D eigenvalue weighted by Crippen LogP contribution is -3.00. The largest absolute Gasteiger partial charge is 1.00 e. The van der Waals surface area contributed by atoms with Gasteiger partial charge in [-0.3, -0.25) is 9.36 Å². The van der Waals surface area contributed by atoms with E-state index >= 15 is 0 Å². The summed E-state index contributed by atoms with van der Waals surface area (Å²) in [7, 11) is 4.13. The van der Waals surface area contributed by atoms with Crippen molar-refractivity contribution in [1.29, 1.82) is 0 Å². The molecule has 17 heavy (non-hydrogen) atoms. The Morgan fingerprint density at radius 1 is 1.53 bits per heavy atom. The molecule has 0 saturated heterocycles. The van der Waals surface area contributed by atoms with Crippen LogP contribution in [0, 0.1) is 0 Å². The van der Waals surface area contributed by atoms with Crippen molar-refractivity contribution in [3.8, 4) is 0 Å². The highest BCUT2D eigenvalue weighted by Crippen LogP contribution is 2.28. The van der Waals surface area contributed by atoms with Crippen LogP contribution in [0.15, 0.2) is 23.3 Å². The summed E-state index contributed by atoms with van der Waals surface area (Å²) in [5, 5.41) is 0. The highest BCUT2D eigenvalue weighted by Gasteiger charge is 2.22. The lowest BCUT2D eigenvalue weighted by molar-refractivity contribution is -0.800. The molecule has 1 atom stereocenters. The maximum absolute atomic E-state index is 11.8. The van der Waals surface area contributed by atoms with Crippen LogP contribution in [-0.2, 0) is 0 Å². The first-order valence-corrected chi connectivity index (χ1v) is 5.68. The van der Waals surface area contributed by atoms with Crippen molar-refractivity contribution < 1.29 is 17.3 Å². The van der Waals surface area contributed by atoms with Crippen molar-refractivity contribution in [3.63, 3.8) is 0 Å². The summed E-state index contributed by atoms with van der Waals surface area (Å²) in [5.74, 6) is 0.840. The molecule has 0 amide bonds. The smallest absolute Gasteiger partial charge is 0.253 e. The summed E-state index contributed by atoms with van der Waals surface area (Å²) >= 11 is 0. The number of rotatable bonds is 1. The van der Waals surface area contributed by atoms with Crippen molar-refractivity contribution >= 4 is 5.57 Å². The zero-order valence-corrected chi connectivity index (χ0v) is 11.2. The highest BCUT2D eigenvalue weighted by atomic mass is 35.5. The predicted octanol–water partition coefficient (Wildman–Crippen LogP) is -2.91. The molecule has 1 aromatic rings. The quantitative estimate of drug-likeness (QED) is 0.585. The predicted molar refractivity (Wildman–Crippen MR) is 63.2 cm³/mol. The third-order valence-electron chi connectivity index (χ3n) is 2.90. The fraction of sp³-hybridized carbons (Fsp3) is 0.500. The Labute approximate surface area is 107 Å². The third kappa shape index (κ3) is 2.76. The average molecular weight is 256 g/mol. The molecule has 0 fully saturated rings. The maximum atomic E-state index is 11.8. The van der Waals surface area contributed by atoms with Crippen LogP contribution in [0.1, 0.15) is 31.6 Å². The average Bonchev–Trinajstić information content (AvgIpc) is 2.22. The molecule has 0 bridgehead atoms. The summed E-state index contributed by atoms with van der Waals surface area (Å²) < 4.78 is 1.80. The fourth-order valence-electron chi connectivity index (χ4n) is 2.17. The molecular weight excluding hydrogens is 238 g/mol. The monoisotopic (exact) mass is 255 g/mol. The normalized spacial score (nSPS) is 21.2. The van der Waals surface area contributed by atoms with Crippen LogP contribution in [-0.4, -0.2) is 23.6 Å². The molecule has 94 valence electrons. The van der Waals surface area contributed by atoms with E-state index in [1.54, 1.807) is 10.8 Å². The zero-order valence-electron chi connectivity index (χ0n) is 10.4. The molecule has 0 aliphatic carbocycles. The fourth-order valence-corrected chi connectivity index (χ4v) is 2.17. The molecule has 1 aliphatic rings. The van der Waals surface area contributed by atoms with Gasteiger partial charge in [0.05, 0.1) is 14.1 Å². The van der Waals surface area contributed by atoms with E-state index in [0.717, 1.165) is 18.7 Å². The molecule has 1 aliphatic heterocycles. The van der Waals surface area contributed by atoms with Crippen molar-refractivity contribution in [2.24, 2.45) is 0 Å². The molecule has 2 rings (SSSR count). The van der Waals surface area contributed by atoms with Crippen LogP contribution >= 0.6 is 0 Å². The van der Waals surface area contributed by atoms with Gasteiger partial charge in [0.25, 0.3) is 5.56 Å². The Hall–Kier alpha value is -1.13. The Kier molecular flexibility index (Phi) is 4.48. The first-order chi connectivity index (χ1) is 7.59. The SMILES string of the molecule is CC1CCC(=C[NH+](C)C)c2nccc(=O)n21.[Cl-]. The van der Waals surface area contributed by atoms with Crippen LogP contribution in [0.5, 0.6) is 0 Å². The van der Waals surface area contributed by atoms with E-state index in [9.17, 15) is 4.79 Å². The van der Waals surface area contributed by atoms with E-state index in [0.29, 0.717) is 0 Å². The van der Waals surface area contributed by atoms with E-state index in [1.807, 2.05) is 0 Å². The number of halogens is 1. The second kappa shape index (κ2) is 5.47. The van der Waals surface area contributed by atoms with E-state index in [-0.39, 0.29) is 24.0 Å². The van der Waals surface area contributed by atoms with Gasteiger partial charge in [-0.15, -0.1) is 0 Å². The lowest BCUT2D eigenvalue weighted by atomic mass is 10.0. The highest BCUT2D eigenvalue weighted by molar-refractivity contribution is 5.59. The molecule has 4 nitrogen and oxygen atoms in total. The minimum Gasteiger partial charge on any atom is -1.00 e. The molecule has 0 saturated carbocycles. The maximum Gasteiger partial charge on any atom is 0.253 e. The van der Waals surface area contributed by atoms with Gasteiger partial charge < -0.3 is 17.3 Å². The number of aromatic nitrogens is 2. The molecule has 0 aromatic carbocycles. The zero-order chi connectivity index (χ0) is 11.7. The lowest BCUT2D eigenvalue weighted by Gasteiger charge is -2.25. The Bertz CT molecular complexity index is 479. The molecule has 1 N–H and O–H groups in total. The topological polar surface area (TPSA) is 39.3 Å². The van der Waals surface area contributed by atoms with E-state index in [4.69, 9.17) is 0 Å². The molecule has 1 unspecified atom stereocenters. The first kappa shape index (κ1) is 13.9. The van der Waals surface area contributed by atoms with Crippen LogP contribution in [0.3, 0.4) is 0 Å². The Balaban J connectivity index is 0.00000144. The van der Waals surface area contributed by atoms with Gasteiger partial charge in [0.15, 0.2) is 0 Å². The number of fused-ring (bicyclic) bond motifs is 1. The van der Waals surface area contributed by atoms with Gasteiger partial charge in [-0.25, -0.2) is 4.98 Å². The number of nitrogens with zero attached hydrogens (tertiary/aromatic N) is 2. The van der Waals surface area contributed by atoms with E-state index in [1.165, 1.54) is 16.5 Å². The summed E-state index contributed by atoms with van der Waals surface area (Å²) in [6.07, 6.45) is 5.75. The number of hydrogen-bond acceptors (Lipinski definition) is 2. The van der Waals surface area contributed by atoms with E-state index in [2.05, 4.69) is 32.2 Å². The number of hydrogen-bond donors (Lipinski definition) is 1. The van der Waals surface area contributed by atoms with Gasteiger partial charge >= 0.3 is 0 Å². The minimum absolute atomic E-state index is 0. The standard InChI is InChI=1S/C12H17N3O.ClH/c1-9-4-5-10(8-14(2)3)12-13-7-6-11(16)15(9)12;/h6-9H,4-5H2,1-3H3;1H. The molecule has 0 radical (unpaired) electrons. The molecular formula is C12H18ClN3O. The van der Waals surface area contributed by atoms with Crippen molar-refractivity contribution in [1.82, 2.24) is 9.55 Å². The van der Waals surface area contributed by atoms with Crippen LogP contribution in [0.2, 0.25) is 0 Å². The summed E-state index contributed by atoms with van der Waals surface area (Å²) in [6, 6.07) is 1.79. The Morgan fingerprint density at radius 3 is 2.88 bits per heavy atom. The Morgan fingerprint density at radius 2 is 2.24 bits per heavy atom. The molecule has 1 aromatic heterocycles. The van der Waals surface area contributed by atoms with Crippen LogP contribution in [0.25, 0.3) is 5.57 Å². The number of nitrogens with one attached hydrogen (secondary N) is 1. The van der Waals surface area contributed by atoms with Crippen molar-refractivity contribution in [2.75, 3.05) is 14.1 Å². The second-order valence-corrected chi connectivity index (χ2v) is 4.61. The first-order valence-electron chi connectivity index (χ1n) is 5.68. The van der Waals surface area contributed by atoms with Gasteiger partial charge in [-0.05, 0) is 19.8 Å². The molecule has 5 heteroatoms. The van der Waals surface area contributed by atoms with Gasteiger partial charge in [0.2, 0.25) is 0 Å². The van der Waals surface area contributed by atoms with Crippen LogP contribution < -0.4 is 22.9 Å². The van der Waals surface area contributed by atoms with Gasteiger partial charge in [-0.1, -0.05) is 0 Å². The second-order valence-electron chi connectivity index (χ2n) is 4.61. The summed E-state index contributed by atoms with van der Waals surface area (Å²) in [6.45, 7) is 2.08. The molecule has 2 heterocycles. The van der Waals surface area contributed by atoms with Gasteiger partial charge in [0, 0.05) is 23.9 Å².